The van der Waals surface area contributed by atoms with Crippen molar-refractivity contribution < 1.29 is 14.0 Å². The van der Waals surface area contributed by atoms with Crippen molar-refractivity contribution in [3.05, 3.63) is 41.2 Å². The molecular formula is C22H33FN4O2. The molecule has 1 saturated heterocycles. The molecule has 1 aliphatic heterocycles. The monoisotopic (exact) mass is 404 g/mol. The molecule has 7 heteroatoms. The van der Waals surface area contributed by atoms with Crippen LogP contribution in [0.25, 0.3) is 0 Å². The minimum atomic E-state index is -0.450. The molecule has 1 aliphatic rings. The Morgan fingerprint density at radius 2 is 1.90 bits per heavy atom. The van der Waals surface area contributed by atoms with Gasteiger partial charge in [-0.15, -0.1) is 0 Å². The summed E-state index contributed by atoms with van der Waals surface area (Å²) in [4.78, 5) is 26.5. The first-order valence-corrected chi connectivity index (χ1v) is 10.2. The number of piperidine rings is 1. The summed E-state index contributed by atoms with van der Waals surface area (Å²) in [6.07, 6.45) is 1.92. The fourth-order valence-corrected chi connectivity index (χ4v) is 4.15. The topological polar surface area (TPSA) is 73.5 Å². The Labute approximate surface area is 172 Å². The molecule has 2 rings (SSSR count). The van der Waals surface area contributed by atoms with E-state index in [1.54, 1.807) is 0 Å². The number of nitrogens with zero attached hydrogens (tertiary/aromatic N) is 1. The van der Waals surface area contributed by atoms with E-state index in [9.17, 15) is 14.0 Å². The maximum atomic E-state index is 14.5. The fourth-order valence-electron chi connectivity index (χ4n) is 4.15. The molecule has 2 amide bonds. The van der Waals surface area contributed by atoms with E-state index in [0.717, 1.165) is 30.6 Å². The van der Waals surface area contributed by atoms with Gasteiger partial charge in [0.2, 0.25) is 5.91 Å². The third-order valence-electron chi connectivity index (χ3n) is 5.51. The quantitative estimate of drug-likeness (QED) is 0.611. The van der Waals surface area contributed by atoms with Crippen LogP contribution in [0.5, 0.6) is 0 Å². The molecular weight excluding hydrogens is 371 g/mol. The van der Waals surface area contributed by atoms with Gasteiger partial charge in [0.1, 0.15) is 5.82 Å². The molecule has 0 aliphatic carbocycles. The molecule has 0 radical (unpaired) electrons. The van der Waals surface area contributed by atoms with Crippen LogP contribution in [-0.2, 0) is 4.79 Å². The summed E-state index contributed by atoms with van der Waals surface area (Å²) in [5, 5.41) is 8.66. The lowest BCUT2D eigenvalue weighted by molar-refractivity contribution is -0.117. The van der Waals surface area contributed by atoms with Crippen molar-refractivity contribution in [1.29, 1.82) is 0 Å². The number of carbonyl (C=O) groups is 2. The summed E-state index contributed by atoms with van der Waals surface area (Å²) < 4.78 is 14.5. The standard InChI is InChI=1S/C22H33FN4O2/c1-7-27(18-8-14(3)26-15(4)9-18)20-11-17(23)10-19(16(20)5)22(29)25-12-13(2)21(28)24-6/h10-11,14-15,18,26H,2,7-9,12H2,1,3-6H3,(H,24,28)(H,25,29)/t14-,15?,18?/m1/s1. The number of amides is 2. The summed E-state index contributed by atoms with van der Waals surface area (Å²) in [7, 11) is 1.50. The SMILES string of the molecule is C=C(CNC(=O)c1cc(F)cc(N(CC)C2CC(C)N[C@H](C)C2)c1C)C(=O)NC. The van der Waals surface area contributed by atoms with E-state index in [2.05, 4.69) is 48.2 Å². The zero-order valence-electron chi connectivity index (χ0n) is 18.1. The first kappa shape index (κ1) is 22.9. The van der Waals surface area contributed by atoms with Crippen LogP contribution in [0, 0.1) is 12.7 Å². The number of hydrogen-bond acceptors (Lipinski definition) is 4. The van der Waals surface area contributed by atoms with E-state index in [0.29, 0.717) is 12.1 Å². The lowest BCUT2D eigenvalue weighted by atomic mass is 9.92. The molecule has 3 N–H and O–H groups in total. The Morgan fingerprint density at radius 3 is 2.45 bits per heavy atom. The summed E-state index contributed by atoms with van der Waals surface area (Å²) in [6, 6.07) is 3.79. The molecule has 1 heterocycles. The zero-order chi connectivity index (χ0) is 21.7. The number of halogens is 1. The van der Waals surface area contributed by atoms with Crippen LogP contribution in [0.2, 0.25) is 0 Å². The van der Waals surface area contributed by atoms with E-state index in [4.69, 9.17) is 0 Å². The molecule has 160 valence electrons. The van der Waals surface area contributed by atoms with Gasteiger partial charge in [0.25, 0.3) is 5.91 Å². The highest BCUT2D eigenvalue weighted by Gasteiger charge is 2.29. The van der Waals surface area contributed by atoms with E-state index < -0.39 is 11.7 Å². The van der Waals surface area contributed by atoms with Crippen LogP contribution >= 0.6 is 0 Å². The Morgan fingerprint density at radius 1 is 1.28 bits per heavy atom. The van der Waals surface area contributed by atoms with Crippen LogP contribution in [0.4, 0.5) is 10.1 Å². The highest BCUT2D eigenvalue weighted by atomic mass is 19.1. The van der Waals surface area contributed by atoms with Crippen molar-refractivity contribution in [3.63, 3.8) is 0 Å². The number of hydrogen-bond donors (Lipinski definition) is 3. The third kappa shape index (κ3) is 5.56. The second kappa shape index (κ2) is 9.87. The molecule has 0 aromatic heterocycles. The number of likely N-dealkylation sites (N-methyl/N-ethyl adjacent to an activating group) is 1. The smallest absolute Gasteiger partial charge is 0.252 e. The van der Waals surface area contributed by atoms with E-state index in [1.165, 1.54) is 19.2 Å². The van der Waals surface area contributed by atoms with Crippen LogP contribution in [0.1, 0.15) is 49.5 Å². The Kier molecular flexibility index (Phi) is 7.79. The maximum absolute atomic E-state index is 14.5. The van der Waals surface area contributed by atoms with Crippen molar-refractivity contribution in [2.75, 3.05) is 25.0 Å². The molecule has 1 aromatic rings. The fraction of sp³-hybridized carbons (Fsp3) is 0.545. The Bertz CT molecular complexity index is 770. The van der Waals surface area contributed by atoms with Crippen LogP contribution in [-0.4, -0.2) is 50.1 Å². The normalized spacial score (nSPS) is 21.4. The van der Waals surface area contributed by atoms with Crippen molar-refractivity contribution >= 4 is 17.5 Å². The van der Waals surface area contributed by atoms with E-state index in [1.807, 2.05) is 6.92 Å². The van der Waals surface area contributed by atoms with Gasteiger partial charge in [0.05, 0.1) is 0 Å². The van der Waals surface area contributed by atoms with Gasteiger partial charge in [-0.25, -0.2) is 4.39 Å². The highest BCUT2D eigenvalue weighted by Crippen LogP contribution is 2.30. The average Bonchev–Trinajstić information content (AvgIpc) is 2.67. The number of anilines is 1. The van der Waals surface area contributed by atoms with Gasteiger partial charge in [-0.1, -0.05) is 6.58 Å². The van der Waals surface area contributed by atoms with Gasteiger partial charge in [-0.2, -0.15) is 0 Å². The second-order valence-electron chi connectivity index (χ2n) is 7.84. The van der Waals surface area contributed by atoms with Crippen molar-refractivity contribution in [2.45, 2.75) is 58.7 Å². The van der Waals surface area contributed by atoms with Crippen molar-refractivity contribution in [3.8, 4) is 0 Å². The average molecular weight is 405 g/mol. The highest BCUT2D eigenvalue weighted by molar-refractivity contribution is 5.99. The third-order valence-corrected chi connectivity index (χ3v) is 5.51. The molecule has 0 spiro atoms. The molecule has 3 atom stereocenters. The largest absolute Gasteiger partial charge is 0.368 e. The molecule has 1 fully saturated rings. The predicted octanol–water partition coefficient (Wildman–Crippen LogP) is 2.52. The Hall–Kier alpha value is -2.41. The summed E-state index contributed by atoms with van der Waals surface area (Å²) in [6.45, 7) is 12.6. The molecule has 29 heavy (non-hydrogen) atoms. The maximum Gasteiger partial charge on any atom is 0.252 e. The molecule has 0 saturated carbocycles. The Balaban J connectivity index is 2.27. The molecule has 6 nitrogen and oxygen atoms in total. The lowest BCUT2D eigenvalue weighted by Crippen LogP contribution is -2.51. The van der Waals surface area contributed by atoms with Crippen LogP contribution < -0.4 is 20.9 Å². The first-order chi connectivity index (χ1) is 13.7. The number of benzene rings is 1. The summed E-state index contributed by atoms with van der Waals surface area (Å²) >= 11 is 0. The second-order valence-corrected chi connectivity index (χ2v) is 7.84. The zero-order valence-corrected chi connectivity index (χ0v) is 18.1. The molecule has 2 unspecified atom stereocenters. The van der Waals surface area contributed by atoms with Gasteiger partial charge in [0, 0.05) is 55.1 Å². The van der Waals surface area contributed by atoms with Crippen LogP contribution in [0.3, 0.4) is 0 Å². The minimum absolute atomic E-state index is 0.00457. The summed E-state index contributed by atoms with van der Waals surface area (Å²) in [5.41, 5.74) is 1.99. The van der Waals surface area contributed by atoms with Crippen LogP contribution in [0.15, 0.2) is 24.3 Å². The van der Waals surface area contributed by atoms with Gasteiger partial charge >= 0.3 is 0 Å². The molecule has 0 bridgehead atoms. The predicted molar refractivity (Wildman–Crippen MR) is 115 cm³/mol. The molecule has 1 aromatic carbocycles. The summed E-state index contributed by atoms with van der Waals surface area (Å²) in [5.74, 6) is -1.21. The first-order valence-electron chi connectivity index (χ1n) is 10.2. The van der Waals surface area contributed by atoms with Gasteiger partial charge < -0.3 is 20.9 Å². The lowest BCUT2D eigenvalue weighted by Gasteiger charge is -2.41. The van der Waals surface area contributed by atoms with E-state index in [-0.39, 0.29) is 29.6 Å². The van der Waals surface area contributed by atoms with Crippen molar-refractivity contribution in [2.24, 2.45) is 0 Å². The number of carbonyl (C=O) groups excluding carboxylic acids is 2. The number of nitrogens with one attached hydrogen (secondary N) is 3. The van der Waals surface area contributed by atoms with E-state index >= 15 is 0 Å². The van der Waals surface area contributed by atoms with Gasteiger partial charge in [-0.3, -0.25) is 9.59 Å². The minimum Gasteiger partial charge on any atom is -0.368 e. The van der Waals surface area contributed by atoms with Crippen molar-refractivity contribution in [1.82, 2.24) is 16.0 Å². The van der Waals surface area contributed by atoms with Gasteiger partial charge in [-0.05, 0) is 58.2 Å². The van der Waals surface area contributed by atoms with Gasteiger partial charge in [0.15, 0.2) is 0 Å². The number of rotatable bonds is 7.